The first-order valence-electron chi connectivity index (χ1n) is 4.27. The zero-order valence-corrected chi connectivity index (χ0v) is 8.38. The highest BCUT2D eigenvalue weighted by Crippen LogP contribution is 2.17. The highest BCUT2D eigenvalue weighted by molar-refractivity contribution is 6.30. The monoisotopic (exact) mass is 199 g/mol. The third-order valence-corrected chi connectivity index (χ3v) is 2.12. The Labute approximate surface area is 83.3 Å². The maximum atomic E-state index is 9.06. The number of benzene rings is 1. The van der Waals surface area contributed by atoms with Crippen molar-refractivity contribution in [3.63, 3.8) is 0 Å². The third kappa shape index (κ3) is 2.99. The second-order valence-electron chi connectivity index (χ2n) is 3.25. The van der Waals surface area contributed by atoms with Gasteiger partial charge < -0.3 is 10.8 Å². The van der Waals surface area contributed by atoms with Crippen LogP contribution in [0.25, 0.3) is 0 Å². The summed E-state index contributed by atoms with van der Waals surface area (Å²) in [7, 11) is 0. The van der Waals surface area contributed by atoms with E-state index in [0.29, 0.717) is 5.02 Å². The molecule has 3 heteroatoms. The SMILES string of the molecule is C[C@@H](N)Cc1ccc(Cl)cc1CO. The number of aliphatic hydroxyl groups excluding tert-OH is 1. The van der Waals surface area contributed by atoms with E-state index in [4.69, 9.17) is 22.4 Å². The van der Waals surface area contributed by atoms with Crippen LogP contribution < -0.4 is 5.73 Å². The largest absolute Gasteiger partial charge is 0.392 e. The molecule has 0 bridgehead atoms. The van der Waals surface area contributed by atoms with Crippen LogP contribution in [-0.4, -0.2) is 11.1 Å². The lowest BCUT2D eigenvalue weighted by Crippen LogP contribution is -2.18. The predicted molar refractivity (Wildman–Crippen MR) is 54.7 cm³/mol. The van der Waals surface area contributed by atoms with Crippen LogP contribution in [0.1, 0.15) is 18.1 Å². The van der Waals surface area contributed by atoms with Crippen molar-refractivity contribution in [2.24, 2.45) is 5.73 Å². The van der Waals surface area contributed by atoms with Crippen LogP contribution in [-0.2, 0) is 13.0 Å². The van der Waals surface area contributed by atoms with Gasteiger partial charge in [0, 0.05) is 11.1 Å². The van der Waals surface area contributed by atoms with Gasteiger partial charge in [-0.25, -0.2) is 0 Å². The number of hydrogen-bond donors (Lipinski definition) is 2. The van der Waals surface area contributed by atoms with Gasteiger partial charge >= 0.3 is 0 Å². The lowest BCUT2D eigenvalue weighted by Gasteiger charge is -2.09. The van der Waals surface area contributed by atoms with Crippen molar-refractivity contribution < 1.29 is 5.11 Å². The van der Waals surface area contributed by atoms with Gasteiger partial charge in [0.05, 0.1) is 6.61 Å². The van der Waals surface area contributed by atoms with Gasteiger partial charge in [-0.15, -0.1) is 0 Å². The minimum Gasteiger partial charge on any atom is -0.392 e. The van der Waals surface area contributed by atoms with Crippen LogP contribution in [0.15, 0.2) is 18.2 Å². The maximum Gasteiger partial charge on any atom is 0.0685 e. The summed E-state index contributed by atoms with van der Waals surface area (Å²) < 4.78 is 0. The van der Waals surface area contributed by atoms with Gasteiger partial charge in [0.1, 0.15) is 0 Å². The van der Waals surface area contributed by atoms with Crippen molar-refractivity contribution >= 4 is 11.6 Å². The summed E-state index contributed by atoms with van der Waals surface area (Å²) in [5.74, 6) is 0. The molecule has 2 nitrogen and oxygen atoms in total. The van der Waals surface area contributed by atoms with Crippen molar-refractivity contribution in [3.8, 4) is 0 Å². The van der Waals surface area contributed by atoms with E-state index in [2.05, 4.69) is 0 Å². The van der Waals surface area contributed by atoms with E-state index < -0.39 is 0 Å². The fourth-order valence-electron chi connectivity index (χ4n) is 1.29. The standard InChI is InChI=1S/C10H14ClNO/c1-7(12)4-8-2-3-10(11)5-9(8)6-13/h2-3,5,7,13H,4,6,12H2,1H3/t7-/m1/s1. The molecule has 1 aromatic rings. The van der Waals surface area contributed by atoms with Gasteiger partial charge in [-0.2, -0.15) is 0 Å². The molecule has 72 valence electrons. The Bertz CT molecular complexity index is 286. The summed E-state index contributed by atoms with van der Waals surface area (Å²) in [5, 5.41) is 9.71. The van der Waals surface area contributed by atoms with E-state index in [9.17, 15) is 0 Å². The third-order valence-electron chi connectivity index (χ3n) is 1.88. The van der Waals surface area contributed by atoms with Crippen molar-refractivity contribution in [1.82, 2.24) is 0 Å². The van der Waals surface area contributed by atoms with Crippen molar-refractivity contribution in [1.29, 1.82) is 0 Å². The average Bonchev–Trinajstić information content (AvgIpc) is 2.07. The number of hydrogen-bond acceptors (Lipinski definition) is 2. The Hall–Kier alpha value is -0.570. The lowest BCUT2D eigenvalue weighted by molar-refractivity contribution is 0.280. The highest BCUT2D eigenvalue weighted by Gasteiger charge is 2.04. The molecule has 0 saturated heterocycles. The second-order valence-corrected chi connectivity index (χ2v) is 3.69. The molecule has 1 atom stereocenters. The van der Waals surface area contributed by atoms with Crippen LogP contribution >= 0.6 is 11.6 Å². The van der Waals surface area contributed by atoms with Gasteiger partial charge in [-0.05, 0) is 36.6 Å². The molecule has 3 N–H and O–H groups in total. The van der Waals surface area contributed by atoms with E-state index in [1.165, 1.54) is 0 Å². The van der Waals surface area contributed by atoms with Crippen molar-refractivity contribution in [2.75, 3.05) is 0 Å². The van der Waals surface area contributed by atoms with Crippen LogP contribution in [0.2, 0.25) is 5.02 Å². The van der Waals surface area contributed by atoms with Gasteiger partial charge in [-0.3, -0.25) is 0 Å². The zero-order valence-electron chi connectivity index (χ0n) is 7.63. The fourth-order valence-corrected chi connectivity index (χ4v) is 1.48. The summed E-state index contributed by atoms with van der Waals surface area (Å²) >= 11 is 5.79. The molecule has 0 amide bonds. The average molecular weight is 200 g/mol. The molecule has 0 aliphatic carbocycles. The molecule has 1 rings (SSSR count). The summed E-state index contributed by atoms with van der Waals surface area (Å²) in [4.78, 5) is 0. The highest BCUT2D eigenvalue weighted by atomic mass is 35.5. The molecule has 0 aromatic heterocycles. The molecule has 0 spiro atoms. The normalized spacial score (nSPS) is 12.9. The number of halogens is 1. The summed E-state index contributed by atoms with van der Waals surface area (Å²) in [6.07, 6.45) is 0.771. The molecular formula is C10H14ClNO. The van der Waals surface area contributed by atoms with Crippen molar-refractivity contribution in [2.45, 2.75) is 26.0 Å². The molecule has 0 radical (unpaired) electrons. The van der Waals surface area contributed by atoms with Crippen molar-refractivity contribution in [3.05, 3.63) is 34.3 Å². The Morgan fingerprint density at radius 3 is 2.69 bits per heavy atom. The minimum absolute atomic E-state index is 0.0165. The molecule has 0 aliphatic heterocycles. The molecule has 0 saturated carbocycles. The molecular weight excluding hydrogens is 186 g/mol. The molecule has 0 unspecified atom stereocenters. The number of aliphatic hydroxyl groups is 1. The Morgan fingerprint density at radius 2 is 2.15 bits per heavy atom. The van der Waals surface area contributed by atoms with Gasteiger partial charge in [0.25, 0.3) is 0 Å². The van der Waals surface area contributed by atoms with Crippen LogP contribution in [0, 0.1) is 0 Å². The summed E-state index contributed by atoms with van der Waals surface area (Å²) in [6.45, 7) is 1.96. The van der Waals surface area contributed by atoms with Gasteiger partial charge in [0.15, 0.2) is 0 Å². The van der Waals surface area contributed by atoms with E-state index >= 15 is 0 Å². The fraction of sp³-hybridized carbons (Fsp3) is 0.400. The first kappa shape index (κ1) is 10.5. The van der Waals surface area contributed by atoms with E-state index in [0.717, 1.165) is 17.5 Å². The Balaban J connectivity index is 2.92. The van der Waals surface area contributed by atoms with E-state index in [1.807, 2.05) is 19.1 Å². The maximum absolute atomic E-state index is 9.06. The molecule has 0 aliphatic rings. The Kier molecular flexibility index (Phi) is 3.72. The van der Waals surface area contributed by atoms with Crippen LogP contribution in [0.4, 0.5) is 0 Å². The summed E-state index contributed by atoms with van der Waals surface area (Å²) in [5.41, 5.74) is 7.61. The Morgan fingerprint density at radius 1 is 1.46 bits per heavy atom. The zero-order chi connectivity index (χ0) is 9.84. The van der Waals surface area contributed by atoms with Crippen LogP contribution in [0.3, 0.4) is 0 Å². The molecule has 1 aromatic carbocycles. The lowest BCUT2D eigenvalue weighted by atomic mass is 10.0. The smallest absolute Gasteiger partial charge is 0.0685 e. The topological polar surface area (TPSA) is 46.2 Å². The van der Waals surface area contributed by atoms with E-state index in [1.54, 1.807) is 6.07 Å². The molecule has 0 heterocycles. The van der Waals surface area contributed by atoms with Crippen LogP contribution in [0.5, 0.6) is 0 Å². The second kappa shape index (κ2) is 4.61. The first-order chi connectivity index (χ1) is 6.13. The quantitative estimate of drug-likeness (QED) is 0.779. The number of rotatable bonds is 3. The van der Waals surface area contributed by atoms with E-state index in [-0.39, 0.29) is 12.6 Å². The van der Waals surface area contributed by atoms with Gasteiger partial charge in [-0.1, -0.05) is 17.7 Å². The van der Waals surface area contributed by atoms with Gasteiger partial charge in [0.2, 0.25) is 0 Å². The molecule has 13 heavy (non-hydrogen) atoms. The first-order valence-corrected chi connectivity index (χ1v) is 4.65. The number of nitrogens with two attached hydrogens (primary N) is 1. The summed E-state index contributed by atoms with van der Waals surface area (Å²) in [6, 6.07) is 5.61. The molecule has 0 fully saturated rings. The minimum atomic E-state index is 0.0165. The predicted octanol–water partition coefficient (Wildman–Crippen LogP) is 1.72.